The molecule has 1 fully saturated rings. The van der Waals surface area contributed by atoms with Crippen LogP contribution in [0.1, 0.15) is 39.7 Å². The highest BCUT2D eigenvalue weighted by Gasteiger charge is 2.38. The van der Waals surface area contributed by atoms with Crippen molar-refractivity contribution in [2.75, 3.05) is 23.7 Å². The van der Waals surface area contributed by atoms with Crippen molar-refractivity contribution >= 4 is 51.4 Å². The normalized spacial score (nSPS) is 19.0. The van der Waals surface area contributed by atoms with Crippen molar-refractivity contribution < 1.29 is 13.2 Å². The number of hydrogen-bond acceptors (Lipinski definition) is 6. The Morgan fingerprint density at radius 2 is 1.91 bits per heavy atom. The molecule has 0 amide bonds. The third kappa shape index (κ3) is 5.21. The molecular weight excluding hydrogens is 517 g/mol. The van der Waals surface area contributed by atoms with Crippen LogP contribution in [0.15, 0.2) is 27.2 Å². The second kappa shape index (κ2) is 10.3. The van der Waals surface area contributed by atoms with Crippen LogP contribution in [0.25, 0.3) is 21.3 Å². The van der Waals surface area contributed by atoms with E-state index in [1.165, 1.54) is 33.7 Å². The van der Waals surface area contributed by atoms with E-state index in [1.54, 1.807) is 11.4 Å². The number of benzene rings is 1. The SMILES string of the molecule is CCCSc1c(-c2cc(Cl)cs2)c(C(F)(F)F)cc2c(N3CC(C)NC(C)C3)nc(=O)n(CC)c12. The van der Waals surface area contributed by atoms with E-state index in [2.05, 4.69) is 10.3 Å². The molecule has 2 unspecified atom stereocenters. The minimum Gasteiger partial charge on any atom is -0.353 e. The molecule has 4 rings (SSSR count). The number of piperazine rings is 1. The summed E-state index contributed by atoms with van der Waals surface area (Å²) in [5, 5.41) is 5.79. The predicted molar refractivity (Wildman–Crippen MR) is 140 cm³/mol. The van der Waals surface area contributed by atoms with Gasteiger partial charge in [-0.2, -0.15) is 18.2 Å². The molecule has 2 atom stereocenters. The standard InChI is InChI=1S/C24H28ClF3N4OS2/c1-5-7-34-21-19(18-8-15(25)12-35-18)17(24(26,27)28)9-16-20(21)32(6-2)23(33)30-22(16)31-10-13(3)29-14(4)11-31/h8-9,12-14,29H,5-7,10-11H2,1-4H3. The Balaban J connectivity index is 2.15. The maximum absolute atomic E-state index is 14.6. The van der Waals surface area contributed by atoms with Gasteiger partial charge in [0.25, 0.3) is 0 Å². The lowest BCUT2D eigenvalue weighted by Crippen LogP contribution is -2.55. The van der Waals surface area contributed by atoms with Gasteiger partial charge in [-0.25, -0.2) is 4.79 Å². The van der Waals surface area contributed by atoms with Crippen LogP contribution in [0.3, 0.4) is 0 Å². The molecule has 1 N–H and O–H groups in total. The molecule has 0 saturated carbocycles. The second-order valence-corrected chi connectivity index (χ2v) is 11.3. The summed E-state index contributed by atoms with van der Waals surface area (Å²) in [5.41, 5.74) is -0.599. The average molecular weight is 545 g/mol. The Bertz CT molecular complexity index is 1280. The van der Waals surface area contributed by atoms with Crippen molar-refractivity contribution in [2.45, 2.75) is 63.8 Å². The molecule has 35 heavy (non-hydrogen) atoms. The molecule has 5 nitrogen and oxygen atoms in total. The molecule has 1 saturated heterocycles. The first kappa shape index (κ1) is 26.3. The van der Waals surface area contributed by atoms with Crippen molar-refractivity contribution in [3.8, 4) is 10.4 Å². The van der Waals surface area contributed by atoms with Crippen molar-refractivity contribution in [2.24, 2.45) is 0 Å². The summed E-state index contributed by atoms with van der Waals surface area (Å²) in [6.45, 7) is 9.21. The molecule has 0 bridgehead atoms. The number of alkyl halides is 3. The number of aromatic nitrogens is 2. The van der Waals surface area contributed by atoms with E-state index in [9.17, 15) is 18.0 Å². The van der Waals surface area contributed by atoms with Gasteiger partial charge >= 0.3 is 11.9 Å². The second-order valence-electron chi connectivity index (χ2n) is 8.84. The summed E-state index contributed by atoms with van der Waals surface area (Å²) in [6.07, 6.45) is -3.83. The van der Waals surface area contributed by atoms with Gasteiger partial charge in [-0.3, -0.25) is 4.57 Å². The third-order valence-electron chi connectivity index (χ3n) is 5.94. The van der Waals surface area contributed by atoms with Gasteiger partial charge in [0, 0.05) is 57.8 Å². The number of rotatable bonds is 6. The van der Waals surface area contributed by atoms with Gasteiger partial charge in [-0.05, 0) is 45.1 Å². The van der Waals surface area contributed by atoms with Crippen molar-refractivity contribution in [3.63, 3.8) is 0 Å². The van der Waals surface area contributed by atoms with E-state index in [4.69, 9.17) is 11.6 Å². The van der Waals surface area contributed by atoms with Gasteiger partial charge in [0.2, 0.25) is 0 Å². The number of hydrogen-bond donors (Lipinski definition) is 1. The highest BCUT2D eigenvalue weighted by Crippen LogP contribution is 2.49. The molecule has 3 heterocycles. The van der Waals surface area contributed by atoms with Gasteiger partial charge in [-0.1, -0.05) is 18.5 Å². The monoisotopic (exact) mass is 544 g/mol. The third-order valence-corrected chi connectivity index (χ3v) is 8.54. The van der Waals surface area contributed by atoms with Gasteiger partial charge in [0.15, 0.2) is 0 Å². The minimum absolute atomic E-state index is 0.0844. The largest absolute Gasteiger partial charge is 0.417 e. The van der Waals surface area contributed by atoms with Crippen LogP contribution in [0.2, 0.25) is 5.02 Å². The number of fused-ring (bicyclic) bond motifs is 1. The number of anilines is 1. The highest BCUT2D eigenvalue weighted by atomic mass is 35.5. The summed E-state index contributed by atoms with van der Waals surface area (Å²) in [7, 11) is 0. The first-order chi connectivity index (χ1) is 16.5. The molecule has 0 radical (unpaired) electrons. The van der Waals surface area contributed by atoms with Crippen molar-refractivity contribution in [1.82, 2.24) is 14.9 Å². The quantitative estimate of drug-likeness (QED) is 0.359. The van der Waals surface area contributed by atoms with E-state index < -0.39 is 17.4 Å². The molecule has 0 spiro atoms. The maximum atomic E-state index is 14.6. The molecular formula is C24H28ClF3N4OS2. The van der Waals surface area contributed by atoms with Gasteiger partial charge in [0.05, 0.1) is 16.1 Å². The van der Waals surface area contributed by atoms with Crippen molar-refractivity contribution in [1.29, 1.82) is 0 Å². The number of nitrogens with one attached hydrogen (secondary N) is 1. The summed E-state index contributed by atoms with van der Waals surface area (Å²) in [4.78, 5) is 20.4. The van der Waals surface area contributed by atoms with Crippen molar-refractivity contribution in [3.05, 3.63) is 38.6 Å². The molecule has 0 aliphatic carbocycles. The minimum atomic E-state index is -4.60. The van der Waals surface area contributed by atoms with E-state index in [-0.39, 0.29) is 17.6 Å². The summed E-state index contributed by atoms with van der Waals surface area (Å²) in [6, 6.07) is 2.95. The number of aryl methyl sites for hydroxylation is 1. The lowest BCUT2D eigenvalue weighted by atomic mass is 10.0. The summed E-state index contributed by atoms with van der Waals surface area (Å²) >= 11 is 8.66. The van der Waals surface area contributed by atoms with Crippen LogP contribution in [0.5, 0.6) is 0 Å². The smallest absolute Gasteiger partial charge is 0.353 e. The van der Waals surface area contributed by atoms with Gasteiger partial charge in [-0.15, -0.1) is 23.1 Å². The van der Waals surface area contributed by atoms with E-state index in [0.29, 0.717) is 56.9 Å². The van der Waals surface area contributed by atoms with Crippen LogP contribution in [0.4, 0.5) is 19.0 Å². The topological polar surface area (TPSA) is 50.2 Å². The van der Waals surface area contributed by atoms with Crippen LogP contribution >= 0.6 is 34.7 Å². The first-order valence-corrected chi connectivity index (χ1v) is 13.9. The Morgan fingerprint density at radius 1 is 1.23 bits per heavy atom. The van der Waals surface area contributed by atoms with Crippen LogP contribution in [0, 0.1) is 0 Å². The molecule has 3 aromatic rings. The Hall–Kier alpha value is -1.75. The summed E-state index contributed by atoms with van der Waals surface area (Å²) < 4.78 is 45.2. The molecule has 11 heteroatoms. The number of thiophene rings is 1. The predicted octanol–water partition coefficient (Wildman–Crippen LogP) is 6.51. The molecule has 190 valence electrons. The summed E-state index contributed by atoms with van der Waals surface area (Å²) in [5.74, 6) is 0.925. The van der Waals surface area contributed by atoms with E-state index in [0.717, 1.165) is 6.42 Å². The Labute approximate surface area is 215 Å². The molecule has 2 aromatic heterocycles. The number of thioether (sulfide) groups is 1. The fourth-order valence-electron chi connectivity index (χ4n) is 4.68. The molecule has 1 aliphatic heterocycles. The van der Waals surface area contributed by atoms with E-state index in [1.807, 2.05) is 32.6 Å². The average Bonchev–Trinajstić information content (AvgIpc) is 3.21. The fraction of sp³-hybridized carbons (Fsp3) is 0.500. The molecule has 1 aromatic carbocycles. The van der Waals surface area contributed by atoms with Crippen LogP contribution in [-0.2, 0) is 12.7 Å². The Morgan fingerprint density at radius 3 is 2.46 bits per heavy atom. The lowest BCUT2D eigenvalue weighted by molar-refractivity contribution is -0.137. The van der Waals surface area contributed by atoms with Crippen LogP contribution < -0.4 is 15.9 Å². The molecule has 1 aliphatic rings. The van der Waals surface area contributed by atoms with Crippen LogP contribution in [-0.4, -0.2) is 40.5 Å². The van der Waals surface area contributed by atoms with E-state index >= 15 is 0 Å². The fourth-order valence-corrected chi connectivity index (χ4v) is 7.02. The zero-order chi connectivity index (χ0) is 25.5. The maximum Gasteiger partial charge on any atom is 0.417 e. The highest BCUT2D eigenvalue weighted by molar-refractivity contribution is 7.99. The van der Waals surface area contributed by atoms with Gasteiger partial charge < -0.3 is 10.2 Å². The zero-order valence-electron chi connectivity index (χ0n) is 20.0. The lowest BCUT2D eigenvalue weighted by Gasteiger charge is -2.37. The number of halogens is 4. The number of nitrogens with zero attached hydrogens (tertiary/aromatic N) is 3. The first-order valence-electron chi connectivity index (χ1n) is 11.6. The Kier molecular flexibility index (Phi) is 7.76. The van der Waals surface area contributed by atoms with Gasteiger partial charge in [0.1, 0.15) is 5.82 Å². The zero-order valence-corrected chi connectivity index (χ0v) is 22.4.